The fourth-order valence-electron chi connectivity index (χ4n) is 13.2. The Morgan fingerprint density at radius 2 is 0.623 bits per heavy atom. The SMILES string of the molecule is O=C1C2CC3CC1CC(OC(=O)C(F)(F)S(=O)(=O)[C-](S(=O)(=O)C(F)(F)C(=O)OC14CC5CC(C1)C(=O)C(C5)C4)S(=O)(=O)C(F)(F)C(=O)OC14CC5CC(C1)C(=O)C(C5)C4)(C3)C2. The molecule has 0 aromatic heterocycles. The summed E-state index contributed by atoms with van der Waals surface area (Å²) in [5, 5.41) is -19.8. The fraction of sp³-hybridized carbons (Fsp3) is 0.811. The van der Waals surface area contributed by atoms with Crippen LogP contribution >= 0.6 is 0 Å². The number of sulfone groups is 3. The molecule has 0 saturated heterocycles. The van der Waals surface area contributed by atoms with Crippen LogP contribution < -0.4 is 0 Å². The van der Waals surface area contributed by atoms with Gasteiger partial charge in [0, 0.05) is 35.5 Å². The van der Waals surface area contributed by atoms with Crippen molar-refractivity contribution in [1.29, 1.82) is 0 Å². The average Bonchev–Trinajstić information content (AvgIpc) is 3.12. The zero-order valence-electron chi connectivity index (χ0n) is 31.9. The number of alkyl halides is 6. The van der Waals surface area contributed by atoms with Gasteiger partial charge in [0.05, 0.1) is 3.91 Å². The molecule has 6 unspecified atom stereocenters. The molecule has 61 heavy (non-hydrogen) atoms. The minimum atomic E-state index is -8.26. The molecular formula is C37H39F6O15S3-. The maximum absolute atomic E-state index is 16.2. The molecule has 0 heterocycles. The van der Waals surface area contributed by atoms with Crippen LogP contribution in [-0.4, -0.2) is 93.1 Å². The molecule has 0 radical (unpaired) electrons. The van der Waals surface area contributed by atoms with E-state index in [1.54, 1.807) is 0 Å². The molecular weight excluding hydrogens is 895 g/mol. The van der Waals surface area contributed by atoms with Gasteiger partial charge >= 0.3 is 33.7 Å². The average molecular weight is 934 g/mol. The lowest BCUT2D eigenvalue weighted by Gasteiger charge is -2.55. The summed E-state index contributed by atoms with van der Waals surface area (Å²) in [7, 11) is -24.8. The van der Waals surface area contributed by atoms with Crippen LogP contribution in [0, 0.1) is 57.2 Å². The first kappa shape index (κ1) is 43.1. The van der Waals surface area contributed by atoms with E-state index in [1.807, 2.05) is 0 Å². The molecule has 12 fully saturated rings. The number of esters is 3. The Kier molecular flexibility index (Phi) is 9.18. The second-order valence-corrected chi connectivity index (χ2v) is 25.8. The van der Waals surface area contributed by atoms with Crippen LogP contribution in [-0.2, 0) is 72.5 Å². The summed E-state index contributed by atoms with van der Waals surface area (Å²) < 4.78 is 190. The number of Topliss-reactive ketones (excluding diaryl/α,β-unsaturated/α-hetero) is 3. The van der Waals surface area contributed by atoms with Crippen molar-refractivity contribution in [3.8, 4) is 0 Å². The monoisotopic (exact) mass is 933 g/mol. The first-order valence-corrected chi connectivity index (χ1v) is 24.5. The molecule has 12 saturated carbocycles. The third-order valence-corrected chi connectivity index (χ3v) is 22.9. The van der Waals surface area contributed by atoms with Gasteiger partial charge in [-0.05, 0) is 114 Å². The third-order valence-electron chi connectivity index (χ3n) is 15.1. The Hall–Kier alpha value is -3.15. The lowest BCUT2D eigenvalue weighted by atomic mass is 9.53. The summed E-state index contributed by atoms with van der Waals surface area (Å²) in [6, 6.07) is 0. The van der Waals surface area contributed by atoms with Gasteiger partial charge in [-0.15, -0.1) is 0 Å². The number of hydrogen-bond donors (Lipinski definition) is 0. The van der Waals surface area contributed by atoms with Crippen molar-refractivity contribution in [3.05, 3.63) is 3.91 Å². The van der Waals surface area contributed by atoms with Gasteiger partial charge in [0.2, 0.25) is 0 Å². The predicted molar refractivity (Wildman–Crippen MR) is 187 cm³/mol. The third kappa shape index (κ3) is 6.07. The Morgan fingerprint density at radius 3 is 0.820 bits per heavy atom. The van der Waals surface area contributed by atoms with E-state index in [1.165, 1.54) is 0 Å². The summed E-state index contributed by atoms with van der Waals surface area (Å²) in [5.74, 6) is -16.9. The molecule has 338 valence electrons. The van der Waals surface area contributed by atoms with Crippen LogP contribution in [0.1, 0.15) is 96.3 Å². The summed E-state index contributed by atoms with van der Waals surface area (Å²) >= 11 is 0. The van der Waals surface area contributed by atoms with Crippen molar-refractivity contribution in [2.24, 2.45) is 53.3 Å². The normalized spacial score (nSPS) is 40.2. The number of hydrogen-bond acceptors (Lipinski definition) is 15. The zero-order chi connectivity index (χ0) is 44.5. The van der Waals surface area contributed by atoms with Gasteiger partial charge in [-0.3, -0.25) is 39.6 Å². The van der Waals surface area contributed by atoms with Crippen molar-refractivity contribution in [3.63, 3.8) is 0 Å². The van der Waals surface area contributed by atoms with Gasteiger partial charge in [0.15, 0.2) is 0 Å². The molecule has 0 spiro atoms. The van der Waals surface area contributed by atoms with Crippen LogP contribution in [0.4, 0.5) is 26.3 Å². The summed E-state index contributed by atoms with van der Waals surface area (Å²) in [6.45, 7) is 0. The van der Waals surface area contributed by atoms with E-state index in [9.17, 15) is 54.0 Å². The molecule has 12 aliphatic carbocycles. The van der Waals surface area contributed by atoms with E-state index in [4.69, 9.17) is 14.2 Å². The number of carbonyl (C=O) groups excluding carboxylic acids is 6. The maximum atomic E-state index is 16.2. The number of ether oxygens (including phenoxy) is 3. The van der Waals surface area contributed by atoms with Crippen LogP contribution in [0.5, 0.6) is 0 Å². The van der Waals surface area contributed by atoms with Gasteiger partial charge in [-0.25, -0.2) is 14.4 Å². The molecule has 0 aliphatic heterocycles. The summed E-state index contributed by atoms with van der Waals surface area (Å²) in [5.41, 5.74) is -6.00. The summed E-state index contributed by atoms with van der Waals surface area (Å²) in [6.07, 6.45) is -1.66. The highest BCUT2D eigenvalue weighted by atomic mass is 32.3. The van der Waals surface area contributed by atoms with Crippen LogP contribution in [0.15, 0.2) is 0 Å². The maximum Gasteiger partial charge on any atom is 0.415 e. The molecule has 6 atom stereocenters. The van der Waals surface area contributed by atoms with Crippen molar-refractivity contribution >= 4 is 64.8 Å². The molecule has 12 aliphatic rings. The molecule has 0 N–H and O–H groups in total. The van der Waals surface area contributed by atoms with E-state index in [2.05, 4.69) is 0 Å². The lowest BCUT2D eigenvalue weighted by Crippen LogP contribution is -2.61. The van der Waals surface area contributed by atoms with Crippen molar-refractivity contribution in [2.45, 2.75) is 129 Å². The second kappa shape index (κ2) is 13.0. The van der Waals surface area contributed by atoms with Crippen LogP contribution in [0.2, 0.25) is 0 Å². The smallest absolute Gasteiger partial charge is 0.415 e. The molecule has 0 amide bonds. The van der Waals surface area contributed by atoms with E-state index < -0.39 is 176 Å². The van der Waals surface area contributed by atoms with E-state index >= 15 is 26.3 Å². The Morgan fingerprint density at radius 1 is 0.426 bits per heavy atom. The van der Waals surface area contributed by atoms with Gasteiger partial charge in [0.25, 0.3) is 0 Å². The van der Waals surface area contributed by atoms with Crippen LogP contribution in [0.3, 0.4) is 0 Å². The molecule has 12 rings (SSSR count). The Labute approximate surface area is 344 Å². The van der Waals surface area contributed by atoms with E-state index in [-0.39, 0.29) is 75.1 Å². The summed E-state index contributed by atoms with van der Waals surface area (Å²) in [4.78, 5) is 77.6. The molecule has 12 bridgehead atoms. The van der Waals surface area contributed by atoms with Crippen LogP contribution in [0.25, 0.3) is 0 Å². The first-order chi connectivity index (χ1) is 28.0. The quantitative estimate of drug-likeness (QED) is 0.118. The number of carbonyl (C=O) groups is 6. The topological polar surface area (TPSA) is 233 Å². The standard InChI is InChI=1S/C37H39F6O15S3/c38-35(39,28(47)56-32-7-16-1-19(10-32)25(44)20(2-16)11-32)59(50,51)31(60(52,53)36(40,41)29(48)57-33-8-17-3-21(12-33)26(45)22(4-17)13-33)61(54,55)37(42,43)30(49)58-34-9-18-5-23(14-34)27(46)24(6-18)15-34/h16-24H,1-15H2/q-1. The van der Waals surface area contributed by atoms with Gasteiger partial charge < -0.3 is 14.2 Å². The predicted octanol–water partition coefficient (Wildman–Crippen LogP) is 3.53. The molecule has 0 aromatic rings. The van der Waals surface area contributed by atoms with Gasteiger partial charge in [-0.1, -0.05) is 0 Å². The lowest BCUT2D eigenvalue weighted by molar-refractivity contribution is -0.201. The van der Waals surface area contributed by atoms with E-state index in [0.29, 0.717) is 0 Å². The number of rotatable bonds is 12. The minimum Gasteiger partial charge on any atom is -0.454 e. The number of ketones is 3. The van der Waals surface area contributed by atoms with E-state index in [0.717, 1.165) is 0 Å². The zero-order valence-corrected chi connectivity index (χ0v) is 34.4. The Balaban J connectivity index is 1.07. The molecule has 24 heteroatoms. The highest BCUT2D eigenvalue weighted by Gasteiger charge is 2.71. The highest BCUT2D eigenvalue weighted by Crippen LogP contribution is 2.60. The second-order valence-electron chi connectivity index (χ2n) is 19.3. The fourth-order valence-corrected chi connectivity index (χ4v) is 20.0. The van der Waals surface area contributed by atoms with Crippen molar-refractivity contribution in [1.82, 2.24) is 0 Å². The van der Waals surface area contributed by atoms with Gasteiger partial charge in [0.1, 0.15) is 63.7 Å². The van der Waals surface area contributed by atoms with Crippen molar-refractivity contribution < 1.29 is 94.6 Å². The Bertz CT molecular complexity index is 2090. The minimum absolute atomic E-state index is 0.220. The number of halogens is 6. The highest BCUT2D eigenvalue weighted by molar-refractivity contribution is 8.30. The molecule has 0 aromatic carbocycles. The first-order valence-electron chi connectivity index (χ1n) is 20.0. The van der Waals surface area contributed by atoms with Crippen molar-refractivity contribution in [2.75, 3.05) is 0 Å². The largest absolute Gasteiger partial charge is 0.454 e. The van der Waals surface area contributed by atoms with Gasteiger partial charge in [-0.2, -0.15) is 26.3 Å². The molecule has 15 nitrogen and oxygen atoms in total.